The zero-order chi connectivity index (χ0) is 15.1. The van der Waals surface area contributed by atoms with Gasteiger partial charge in [-0.1, -0.05) is 0 Å². The van der Waals surface area contributed by atoms with Crippen molar-refractivity contribution in [1.29, 1.82) is 0 Å². The van der Waals surface area contributed by atoms with E-state index in [-0.39, 0.29) is 58.8 Å². The summed E-state index contributed by atoms with van der Waals surface area (Å²) in [6, 6.07) is 2.69. The van der Waals surface area contributed by atoms with Gasteiger partial charge in [0, 0.05) is 25.5 Å². The van der Waals surface area contributed by atoms with Gasteiger partial charge >= 0.3 is 40.7 Å². The molecule has 3 rings (SSSR count). The van der Waals surface area contributed by atoms with Crippen molar-refractivity contribution in [2.24, 2.45) is 7.05 Å². The van der Waals surface area contributed by atoms with E-state index in [2.05, 4.69) is 9.97 Å². The third kappa shape index (κ3) is 3.44. The number of hydrogen-bond acceptors (Lipinski definition) is 5. The van der Waals surface area contributed by atoms with Crippen LogP contribution in [0.5, 0.6) is 0 Å². The molecular weight excluding hydrogens is 333 g/mol. The Morgan fingerprint density at radius 2 is 1.96 bits per heavy atom. The van der Waals surface area contributed by atoms with E-state index in [0.717, 1.165) is 4.57 Å². The summed E-state index contributed by atoms with van der Waals surface area (Å²) in [6.45, 7) is 0. The van der Waals surface area contributed by atoms with E-state index in [1.165, 1.54) is 36.3 Å². The Morgan fingerprint density at radius 3 is 2.50 bits per heavy atom. The summed E-state index contributed by atoms with van der Waals surface area (Å²) in [5.74, 6) is 0. The molecule has 0 saturated heterocycles. The molecule has 1 aromatic carbocycles. The van der Waals surface area contributed by atoms with E-state index < -0.39 is 16.0 Å². The molecule has 0 bridgehead atoms. The Morgan fingerprint density at radius 1 is 1.29 bits per heavy atom. The Balaban J connectivity index is 0. The van der Waals surface area contributed by atoms with Crippen LogP contribution in [0.3, 0.4) is 0 Å². The summed E-state index contributed by atoms with van der Waals surface area (Å²) in [5.41, 5.74) is -0.893. The molecule has 0 aliphatic rings. The van der Waals surface area contributed by atoms with Crippen LogP contribution < -0.4 is 40.7 Å². The fraction of sp³-hybridized carbons (Fsp3) is 0.0833. The fourth-order valence-corrected chi connectivity index (χ4v) is 2.14. The molecule has 0 spiro atoms. The quantitative estimate of drug-likeness (QED) is 0.213. The normalized spacial score (nSPS) is 9.54. The van der Waals surface area contributed by atoms with Gasteiger partial charge in [0.2, 0.25) is 0 Å². The number of aryl methyl sites for hydroxylation is 1. The molecule has 12 heteroatoms. The molecule has 0 amide bonds. The van der Waals surface area contributed by atoms with Crippen LogP contribution in [0, 0.1) is 10.1 Å². The van der Waals surface area contributed by atoms with E-state index in [0.29, 0.717) is 5.52 Å². The minimum Gasteiger partial charge on any atom is -1.00 e. The van der Waals surface area contributed by atoms with Crippen molar-refractivity contribution in [3.63, 3.8) is 0 Å². The molecule has 24 heavy (non-hydrogen) atoms. The second-order valence-corrected chi connectivity index (χ2v) is 4.40. The minimum atomic E-state index is -0.824. The molecule has 124 valence electrons. The molecule has 2 aromatic heterocycles. The van der Waals surface area contributed by atoms with Gasteiger partial charge in [-0.3, -0.25) is 19.7 Å². The number of fused-ring (bicyclic) bond motifs is 1. The molecular formula is C12H14N5NaO6. The van der Waals surface area contributed by atoms with E-state index in [1.807, 2.05) is 0 Å². The number of nitro benzene ring substituents is 1. The molecule has 0 aliphatic heterocycles. The molecule has 0 saturated carbocycles. The van der Waals surface area contributed by atoms with E-state index in [9.17, 15) is 19.7 Å². The molecule has 0 fully saturated rings. The smallest absolute Gasteiger partial charge is 1.00 e. The van der Waals surface area contributed by atoms with Crippen molar-refractivity contribution in [3.05, 3.63) is 61.7 Å². The maximum absolute atomic E-state index is 11.7. The van der Waals surface area contributed by atoms with Gasteiger partial charge in [-0.15, -0.1) is 0 Å². The van der Waals surface area contributed by atoms with Gasteiger partial charge in [0.25, 0.3) is 5.69 Å². The third-order valence-electron chi connectivity index (χ3n) is 3.18. The number of nitrogens with zero attached hydrogens (tertiary/aromatic N) is 4. The van der Waals surface area contributed by atoms with Gasteiger partial charge in [-0.05, 0) is 6.07 Å². The summed E-state index contributed by atoms with van der Waals surface area (Å²) in [6.07, 6.45) is 4.45. The van der Waals surface area contributed by atoms with Crippen molar-refractivity contribution < 1.29 is 46.9 Å². The van der Waals surface area contributed by atoms with Gasteiger partial charge in [0.05, 0.1) is 22.3 Å². The number of hydrogen-bond donors (Lipinski definition) is 1. The Bertz CT molecular complexity index is 984. The van der Waals surface area contributed by atoms with Crippen LogP contribution in [0.1, 0.15) is 1.43 Å². The zero-order valence-electron chi connectivity index (χ0n) is 13.8. The standard InChI is InChI=1S/C12H9N5O4.Na.2H2O.H/c1-15-8-5-9(16-3-2-13-6-16)10(17(20)21)4-7(8)14-11(18)12(15)19;;;;/h2-6H,1H3,(H,14,18);;2*1H2;/q;+1;;;-1. The van der Waals surface area contributed by atoms with Crippen LogP contribution in [0.2, 0.25) is 0 Å². The van der Waals surface area contributed by atoms with E-state index in [1.54, 1.807) is 6.20 Å². The number of benzene rings is 1. The van der Waals surface area contributed by atoms with Gasteiger partial charge in [-0.25, -0.2) is 4.98 Å². The number of aromatic amines is 1. The van der Waals surface area contributed by atoms with Crippen LogP contribution in [0.25, 0.3) is 16.7 Å². The first-order chi connectivity index (χ1) is 9.99. The maximum atomic E-state index is 11.7. The van der Waals surface area contributed by atoms with Crippen molar-refractivity contribution in [1.82, 2.24) is 19.1 Å². The predicted octanol–water partition coefficient (Wildman–Crippen LogP) is -4.21. The first kappa shape index (κ1) is 21.7. The third-order valence-corrected chi connectivity index (χ3v) is 3.18. The van der Waals surface area contributed by atoms with Gasteiger partial charge in [0.1, 0.15) is 5.69 Å². The van der Waals surface area contributed by atoms with Crippen molar-refractivity contribution in [2.45, 2.75) is 0 Å². The number of H-pyrrole nitrogens is 1. The maximum Gasteiger partial charge on any atom is 1.00 e. The van der Waals surface area contributed by atoms with Crippen LogP contribution >= 0.6 is 0 Å². The average Bonchev–Trinajstić information content (AvgIpc) is 2.98. The summed E-state index contributed by atoms with van der Waals surface area (Å²) in [7, 11) is 1.43. The molecule has 11 nitrogen and oxygen atoms in total. The number of rotatable bonds is 2. The molecule has 0 unspecified atom stereocenters. The monoisotopic (exact) mass is 347 g/mol. The SMILES string of the molecule is Cn1c(=O)c(=O)[nH]c2cc([N+](=O)[O-])c(-n3ccnc3)cc21.O.O.[H-].[Na+]. The summed E-state index contributed by atoms with van der Waals surface area (Å²) in [5, 5.41) is 11.2. The minimum absolute atomic E-state index is 0. The van der Waals surface area contributed by atoms with Crippen LogP contribution in [0.4, 0.5) is 5.69 Å². The Hall–Kier alpha value is -2.31. The Kier molecular flexibility index (Phi) is 7.22. The molecule has 0 aliphatic carbocycles. The zero-order valence-corrected chi connectivity index (χ0v) is 14.8. The average molecular weight is 347 g/mol. The summed E-state index contributed by atoms with van der Waals surface area (Å²) < 4.78 is 2.62. The molecule has 0 atom stereocenters. The van der Waals surface area contributed by atoms with E-state index in [4.69, 9.17) is 0 Å². The molecule has 5 N–H and O–H groups in total. The molecule has 3 aromatic rings. The Labute approximate surface area is 157 Å². The summed E-state index contributed by atoms with van der Waals surface area (Å²) >= 11 is 0. The molecule has 2 heterocycles. The van der Waals surface area contributed by atoms with Crippen LogP contribution in [0.15, 0.2) is 40.4 Å². The van der Waals surface area contributed by atoms with Crippen LogP contribution in [-0.2, 0) is 7.05 Å². The van der Waals surface area contributed by atoms with Gasteiger partial charge in [0.15, 0.2) is 0 Å². The number of imidazole rings is 1. The van der Waals surface area contributed by atoms with E-state index >= 15 is 0 Å². The van der Waals surface area contributed by atoms with Crippen molar-refractivity contribution >= 4 is 16.7 Å². The van der Waals surface area contributed by atoms with Crippen molar-refractivity contribution in [2.75, 3.05) is 0 Å². The summed E-state index contributed by atoms with van der Waals surface area (Å²) in [4.78, 5) is 40.0. The van der Waals surface area contributed by atoms with Crippen molar-refractivity contribution in [3.8, 4) is 5.69 Å². The number of aromatic nitrogens is 4. The van der Waals surface area contributed by atoms with Gasteiger partial charge in [-0.2, -0.15) is 0 Å². The largest absolute Gasteiger partial charge is 1.00 e. The van der Waals surface area contributed by atoms with Crippen LogP contribution in [-0.4, -0.2) is 35.0 Å². The molecule has 0 radical (unpaired) electrons. The second-order valence-electron chi connectivity index (χ2n) is 4.40. The number of nitrogens with one attached hydrogen (secondary N) is 1. The predicted molar refractivity (Wildman–Crippen MR) is 81.9 cm³/mol. The first-order valence-electron chi connectivity index (χ1n) is 5.89. The fourth-order valence-electron chi connectivity index (χ4n) is 2.14. The first-order valence-corrected chi connectivity index (χ1v) is 5.89. The number of nitro groups is 1. The topological polar surface area (TPSA) is 179 Å². The second kappa shape index (κ2) is 7.99. The van der Waals surface area contributed by atoms with Gasteiger partial charge < -0.3 is 26.5 Å².